The van der Waals surface area contributed by atoms with E-state index in [2.05, 4.69) is 33.1 Å². The molecule has 0 unspecified atom stereocenters. The zero-order chi connectivity index (χ0) is 27.8. The fraction of sp³-hybridized carbons (Fsp3) is 0.103. The molecule has 0 aromatic heterocycles. The monoisotopic (exact) mass is 637 g/mol. The highest BCUT2D eigenvalue weighted by Gasteiger charge is 2.39. The third-order valence-corrected chi connectivity index (χ3v) is 6.65. The van der Waals surface area contributed by atoms with Crippen LogP contribution in [0.2, 0.25) is 0 Å². The molecule has 0 aliphatic heterocycles. The summed E-state index contributed by atoms with van der Waals surface area (Å²) in [5.41, 5.74) is 2.56. The molecule has 2 N–H and O–H groups in total. The van der Waals surface area contributed by atoms with Crippen LogP contribution in [0.15, 0.2) is 102 Å². The van der Waals surface area contributed by atoms with Gasteiger partial charge in [0.1, 0.15) is 6.61 Å². The summed E-state index contributed by atoms with van der Waals surface area (Å²) in [4.78, 5) is 23.8. The summed E-state index contributed by atoms with van der Waals surface area (Å²) < 4.78 is 12.1. The fourth-order valence-electron chi connectivity index (χ4n) is 3.90. The van der Waals surface area contributed by atoms with Crippen molar-refractivity contribution in [3.05, 3.63) is 133 Å². The Morgan fingerprint density at radius 1 is 1.03 bits per heavy atom. The van der Waals surface area contributed by atoms with Gasteiger partial charge in [-0.1, -0.05) is 72.8 Å². The maximum absolute atomic E-state index is 13.2. The molecular weight excluding hydrogens is 613 g/mol. The van der Waals surface area contributed by atoms with Crippen LogP contribution in [-0.2, 0) is 17.0 Å². The Morgan fingerprint density at radius 3 is 2.26 bits per heavy atom. The van der Waals surface area contributed by atoms with Crippen molar-refractivity contribution in [1.29, 1.82) is 0 Å². The average molecular weight is 637 g/mol. The highest BCUT2D eigenvalue weighted by molar-refractivity contribution is 14.1. The molecule has 0 saturated carbocycles. The second-order valence-corrected chi connectivity index (χ2v) is 9.55. The molecule has 0 aliphatic rings. The number of hydrazone groups is 1. The van der Waals surface area contributed by atoms with Gasteiger partial charge in [0.15, 0.2) is 17.1 Å². The molecule has 4 rings (SSSR count). The van der Waals surface area contributed by atoms with Crippen molar-refractivity contribution in [2.24, 2.45) is 5.10 Å². The van der Waals surface area contributed by atoms with Crippen LogP contribution in [0, 0.1) is 13.7 Å². The summed E-state index contributed by atoms with van der Waals surface area (Å²) in [5, 5.41) is 26.6. The molecule has 0 aliphatic carbocycles. The number of carbonyl (C=O) groups is 1. The summed E-state index contributed by atoms with van der Waals surface area (Å²) in [6.07, 6.45) is 1.43. The molecule has 4 aromatic carbocycles. The van der Waals surface area contributed by atoms with Gasteiger partial charge in [0.2, 0.25) is 0 Å². The van der Waals surface area contributed by atoms with E-state index >= 15 is 0 Å². The Labute approximate surface area is 238 Å². The Hall–Kier alpha value is -4.29. The fourth-order valence-corrected chi connectivity index (χ4v) is 4.68. The minimum atomic E-state index is -1.95. The van der Waals surface area contributed by atoms with Gasteiger partial charge in [-0.2, -0.15) is 5.10 Å². The largest absolute Gasteiger partial charge is 0.493 e. The number of hydrogen-bond donors (Lipinski definition) is 2. The van der Waals surface area contributed by atoms with Gasteiger partial charge in [-0.15, -0.1) is 0 Å². The molecule has 39 heavy (non-hydrogen) atoms. The van der Waals surface area contributed by atoms with Gasteiger partial charge in [-0.05, 0) is 57.0 Å². The first kappa shape index (κ1) is 27.7. The van der Waals surface area contributed by atoms with Crippen LogP contribution >= 0.6 is 22.6 Å². The van der Waals surface area contributed by atoms with Gasteiger partial charge in [-0.25, -0.2) is 5.43 Å². The molecule has 0 atom stereocenters. The predicted octanol–water partition coefficient (Wildman–Crippen LogP) is 5.17. The minimum Gasteiger partial charge on any atom is -0.493 e. The molecular formula is C29H24IN3O6. The van der Waals surface area contributed by atoms with E-state index in [1.807, 2.05) is 0 Å². The van der Waals surface area contributed by atoms with Gasteiger partial charge < -0.3 is 14.6 Å². The van der Waals surface area contributed by atoms with Crippen LogP contribution < -0.4 is 14.9 Å². The lowest BCUT2D eigenvalue weighted by Crippen LogP contribution is -2.43. The van der Waals surface area contributed by atoms with E-state index in [1.54, 1.807) is 84.9 Å². The second-order valence-electron chi connectivity index (χ2n) is 8.39. The Kier molecular flexibility index (Phi) is 8.89. The molecule has 0 spiro atoms. The summed E-state index contributed by atoms with van der Waals surface area (Å²) in [6.45, 7) is 0.106. The number of nitrogens with zero attached hydrogens (tertiary/aromatic N) is 2. The van der Waals surface area contributed by atoms with Gasteiger partial charge >= 0.3 is 0 Å². The first-order valence-corrected chi connectivity index (χ1v) is 12.8. The molecule has 0 saturated heterocycles. The number of non-ortho nitro benzene ring substituents is 1. The number of methoxy groups -OCH3 is 1. The molecule has 9 nitrogen and oxygen atoms in total. The molecule has 1 amide bonds. The molecule has 198 valence electrons. The van der Waals surface area contributed by atoms with Crippen molar-refractivity contribution in [2.45, 2.75) is 12.2 Å². The van der Waals surface area contributed by atoms with E-state index in [0.29, 0.717) is 37.3 Å². The van der Waals surface area contributed by atoms with Crippen LogP contribution in [-0.4, -0.2) is 29.3 Å². The number of hydrogen-bond acceptors (Lipinski definition) is 7. The minimum absolute atomic E-state index is 0.0159. The lowest BCUT2D eigenvalue weighted by molar-refractivity contribution is -0.384. The SMILES string of the molecule is COc1cc(/C=N\NC(=O)C(O)(c2ccccc2)c2ccccc2)cc(I)c1OCc1cccc([N+](=O)[O-])c1. The Bertz CT molecular complexity index is 1460. The first-order chi connectivity index (χ1) is 18.8. The maximum Gasteiger partial charge on any atom is 0.281 e. The second kappa shape index (κ2) is 12.5. The van der Waals surface area contributed by atoms with Crippen LogP contribution in [0.25, 0.3) is 0 Å². The van der Waals surface area contributed by atoms with Crippen molar-refractivity contribution in [3.63, 3.8) is 0 Å². The quantitative estimate of drug-likeness (QED) is 0.107. The third-order valence-electron chi connectivity index (χ3n) is 5.85. The zero-order valence-electron chi connectivity index (χ0n) is 20.8. The van der Waals surface area contributed by atoms with Crippen LogP contribution in [0.1, 0.15) is 22.3 Å². The van der Waals surface area contributed by atoms with Crippen LogP contribution in [0.4, 0.5) is 5.69 Å². The zero-order valence-corrected chi connectivity index (χ0v) is 22.9. The van der Waals surface area contributed by atoms with Crippen molar-refractivity contribution >= 4 is 40.4 Å². The molecule has 10 heteroatoms. The van der Waals surface area contributed by atoms with E-state index in [4.69, 9.17) is 9.47 Å². The molecule has 4 aromatic rings. The van der Waals surface area contributed by atoms with E-state index < -0.39 is 16.4 Å². The standard InChI is InChI=1S/C29H24IN3O6/c1-38-26-17-21(16-25(30)27(26)39-19-20-9-8-14-24(15-20)33(36)37)18-31-32-28(34)29(35,22-10-4-2-5-11-22)23-12-6-3-7-13-23/h2-18,35H,19H2,1H3,(H,32,34)/b31-18-. The molecule has 0 radical (unpaired) electrons. The number of rotatable bonds is 10. The summed E-state index contributed by atoms with van der Waals surface area (Å²) >= 11 is 2.09. The van der Waals surface area contributed by atoms with E-state index in [1.165, 1.54) is 25.5 Å². The van der Waals surface area contributed by atoms with Crippen molar-refractivity contribution in [1.82, 2.24) is 5.43 Å². The van der Waals surface area contributed by atoms with Gasteiger partial charge in [-0.3, -0.25) is 14.9 Å². The van der Waals surface area contributed by atoms with Crippen molar-refractivity contribution in [2.75, 3.05) is 7.11 Å². The van der Waals surface area contributed by atoms with E-state index in [9.17, 15) is 20.0 Å². The molecule has 0 heterocycles. The Morgan fingerprint density at radius 2 is 1.67 bits per heavy atom. The third kappa shape index (κ3) is 6.41. The molecule has 0 fully saturated rings. The van der Waals surface area contributed by atoms with Gasteiger partial charge in [0.05, 0.1) is 21.8 Å². The van der Waals surface area contributed by atoms with E-state index in [-0.39, 0.29) is 12.3 Å². The topological polar surface area (TPSA) is 123 Å². The van der Waals surface area contributed by atoms with Crippen LogP contribution in [0.3, 0.4) is 0 Å². The number of ether oxygens (including phenoxy) is 2. The Balaban J connectivity index is 1.51. The lowest BCUT2D eigenvalue weighted by atomic mass is 9.85. The average Bonchev–Trinajstić information content (AvgIpc) is 2.96. The summed E-state index contributed by atoms with van der Waals surface area (Å²) in [7, 11) is 1.49. The first-order valence-electron chi connectivity index (χ1n) is 11.7. The number of nitro groups is 1. The predicted molar refractivity (Wildman–Crippen MR) is 155 cm³/mol. The number of aliphatic hydroxyl groups is 1. The molecule has 0 bridgehead atoms. The lowest BCUT2D eigenvalue weighted by Gasteiger charge is -2.27. The smallest absolute Gasteiger partial charge is 0.281 e. The van der Waals surface area contributed by atoms with Crippen LogP contribution in [0.5, 0.6) is 11.5 Å². The number of nitro benzene ring substituents is 1. The van der Waals surface area contributed by atoms with Crippen molar-refractivity contribution < 1.29 is 24.3 Å². The van der Waals surface area contributed by atoms with Gasteiger partial charge in [0.25, 0.3) is 11.6 Å². The highest BCUT2D eigenvalue weighted by atomic mass is 127. The van der Waals surface area contributed by atoms with Gasteiger partial charge in [0, 0.05) is 12.1 Å². The number of amides is 1. The highest BCUT2D eigenvalue weighted by Crippen LogP contribution is 2.34. The normalized spacial score (nSPS) is 11.3. The number of halogens is 1. The number of carbonyl (C=O) groups excluding carboxylic acids is 1. The van der Waals surface area contributed by atoms with E-state index in [0.717, 1.165) is 0 Å². The summed E-state index contributed by atoms with van der Waals surface area (Å²) in [6, 6.07) is 27.0. The maximum atomic E-state index is 13.2. The number of nitrogens with one attached hydrogen (secondary N) is 1. The van der Waals surface area contributed by atoms with Crippen molar-refractivity contribution in [3.8, 4) is 11.5 Å². The number of benzene rings is 4. The summed E-state index contributed by atoms with van der Waals surface area (Å²) in [5.74, 6) is 0.174.